The fraction of sp³-hybridized carbons (Fsp3) is 1.00. The molecule has 0 bridgehead atoms. The fourth-order valence-electron chi connectivity index (χ4n) is 0.414. The number of hydrogen-bond acceptors (Lipinski definition) is 5. The lowest BCUT2D eigenvalue weighted by Crippen LogP contribution is -2.50. The van der Waals surface area contributed by atoms with E-state index < -0.39 is 24.9 Å². The van der Waals surface area contributed by atoms with E-state index in [0.29, 0.717) is 0 Å². The first kappa shape index (κ1) is 18.0. The molecule has 0 aliphatic heterocycles. The van der Waals surface area contributed by atoms with Crippen molar-refractivity contribution < 1.29 is 38.1 Å². The van der Waals surface area contributed by atoms with Gasteiger partial charge in [-0.25, -0.2) is 0 Å². The minimum Gasteiger partial charge on any atom is -0.402 e. The number of aliphatic hydroxyl groups is 1. The van der Waals surface area contributed by atoms with Crippen molar-refractivity contribution in [3.05, 3.63) is 0 Å². The average Bonchev–Trinajstić information content (AvgIpc) is 1.74. The van der Waals surface area contributed by atoms with Gasteiger partial charge >= 0.3 is 13.7 Å². The van der Waals surface area contributed by atoms with Gasteiger partial charge in [0, 0.05) is 0 Å². The van der Waals surface area contributed by atoms with Crippen molar-refractivity contribution in [1.82, 2.24) is 0 Å². The topological polar surface area (TPSA) is 90.2 Å². The monoisotopic (exact) mass is 248 g/mol. The van der Waals surface area contributed by atoms with Crippen molar-refractivity contribution in [2.24, 2.45) is 0 Å². The summed E-state index contributed by atoms with van der Waals surface area (Å²) in [6.07, 6.45) is -4.72. The van der Waals surface area contributed by atoms with Crippen LogP contribution in [0.25, 0.3) is 0 Å². The van der Waals surface area contributed by atoms with Crippen molar-refractivity contribution in [3.63, 3.8) is 0 Å². The van der Waals surface area contributed by atoms with E-state index in [9.17, 15) is 18.3 Å². The van der Waals surface area contributed by atoms with Gasteiger partial charge in [0.15, 0.2) is 0 Å². The Balaban J connectivity index is 0. The molecule has 4 N–H and O–H groups in total. The third-order valence-electron chi connectivity index (χ3n) is 1.84. The zero-order chi connectivity index (χ0) is 13.8. The largest absolute Gasteiger partial charge is 0.631 e. The van der Waals surface area contributed by atoms with E-state index in [4.69, 9.17) is 15.1 Å². The molecule has 98 valence electrons. The van der Waals surface area contributed by atoms with Gasteiger partial charge in [-0.2, -0.15) is 0 Å². The molecule has 0 spiro atoms. The third kappa shape index (κ3) is 10.2. The Morgan fingerprint density at radius 3 is 1.25 bits per heavy atom. The predicted octanol–water partition coefficient (Wildman–Crippen LogP) is 0.0205. The van der Waals surface area contributed by atoms with Gasteiger partial charge < -0.3 is 20.2 Å². The van der Waals surface area contributed by atoms with Crippen LogP contribution in [0.3, 0.4) is 0 Å². The van der Waals surface area contributed by atoms with E-state index >= 15 is 0 Å². The molecule has 9 heteroatoms. The fourth-order valence-corrected chi connectivity index (χ4v) is 0.414. The predicted molar refractivity (Wildman–Crippen MR) is 49.9 cm³/mol. The summed E-state index contributed by atoms with van der Waals surface area (Å²) in [6.45, 7) is 4.89. The molecule has 0 rings (SSSR count). The van der Waals surface area contributed by atoms with E-state index in [-0.39, 0.29) is 0 Å². The Bertz CT molecular complexity index is 196. The van der Waals surface area contributed by atoms with Gasteiger partial charge in [0.25, 0.3) is 0 Å². The molecule has 0 aliphatic carbocycles. The maximum Gasteiger partial charge on any atom is 0.631 e. The lowest BCUT2D eigenvalue weighted by atomic mass is 9.90. The summed E-state index contributed by atoms with van der Waals surface area (Å²) in [5, 5.41) is 30.8. The molecule has 0 fully saturated rings. The number of hydrogen-bond donors (Lipinski definition) is 4. The van der Waals surface area contributed by atoms with Crippen LogP contribution >= 0.6 is 0 Å². The molecule has 0 unspecified atom stereocenters. The van der Waals surface area contributed by atoms with E-state index in [0.717, 1.165) is 0 Å². The maximum absolute atomic E-state index is 11.7. The molecule has 0 aromatic carbocycles. The molecule has 0 aliphatic rings. The summed E-state index contributed by atoms with van der Waals surface area (Å²) in [5.74, 6) is 0. The molecule has 0 aromatic heterocycles. The Morgan fingerprint density at radius 1 is 0.938 bits per heavy atom. The van der Waals surface area contributed by atoms with Crippen LogP contribution in [-0.4, -0.2) is 45.1 Å². The van der Waals surface area contributed by atoms with Gasteiger partial charge in [0.1, 0.15) is 0 Å². The Hall–Kier alpha value is -0.345. The normalized spacial score (nSPS) is 12.9. The molecule has 0 aromatic rings. The first-order valence-corrected chi connectivity index (χ1v) is 4.22. The second-order valence-corrected chi connectivity index (χ2v) is 3.96. The SMILES string of the molecule is CC(C)(O)C(C)(C)OC(F)(F)F.OB(O)O. The maximum atomic E-state index is 11.7. The van der Waals surface area contributed by atoms with Crippen LogP contribution < -0.4 is 0 Å². The standard InChI is InChI=1S/C7H13F3O2.BH3O3/c1-5(2,11)6(3,4)12-7(8,9)10;2-1(3)4/h11H,1-4H3;2-4H. The summed E-state index contributed by atoms with van der Waals surface area (Å²) in [7, 11) is -2.17. The minimum atomic E-state index is -4.72. The van der Waals surface area contributed by atoms with Crippen molar-refractivity contribution in [2.45, 2.75) is 45.3 Å². The summed E-state index contributed by atoms with van der Waals surface area (Å²) >= 11 is 0. The zero-order valence-electron chi connectivity index (χ0n) is 9.41. The number of halogens is 3. The van der Waals surface area contributed by atoms with Crippen molar-refractivity contribution in [3.8, 4) is 0 Å². The van der Waals surface area contributed by atoms with Crippen LogP contribution in [0.4, 0.5) is 13.2 Å². The second kappa shape index (κ2) is 5.83. The van der Waals surface area contributed by atoms with Gasteiger partial charge in [-0.05, 0) is 27.7 Å². The van der Waals surface area contributed by atoms with Crippen LogP contribution in [0.15, 0.2) is 0 Å². The van der Waals surface area contributed by atoms with E-state index in [2.05, 4.69) is 4.74 Å². The van der Waals surface area contributed by atoms with E-state index in [1.54, 1.807) is 0 Å². The Labute approximate surface area is 91.6 Å². The van der Waals surface area contributed by atoms with Gasteiger partial charge in [0.05, 0.1) is 11.2 Å². The van der Waals surface area contributed by atoms with Crippen LogP contribution in [0.2, 0.25) is 0 Å². The van der Waals surface area contributed by atoms with Crippen molar-refractivity contribution in [1.29, 1.82) is 0 Å². The molecule has 5 nitrogen and oxygen atoms in total. The lowest BCUT2D eigenvalue weighted by molar-refractivity contribution is -0.380. The molecule has 0 saturated carbocycles. The highest BCUT2D eigenvalue weighted by atomic mass is 19.4. The van der Waals surface area contributed by atoms with E-state index in [1.807, 2.05) is 0 Å². The quantitative estimate of drug-likeness (QED) is 0.517. The summed E-state index contributed by atoms with van der Waals surface area (Å²) < 4.78 is 39.0. The molecule has 0 saturated heterocycles. The molecule has 0 heterocycles. The number of alkyl halides is 3. The van der Waals surface area contributed by atoms with Crippen molar-refractivity contribution >= 4 is 7.32 Å². The van der Waals surface area contributed by atoms with Gasteiger partial charge in [-0.3, -0.25) is 4.74 Å². The highest BCUT2D eigenvalue weighted by molar-refractivity contribution is 6.30. The highest BCUT2D eigenvalue weighted by Gasteiger charge is 2.45. The van der Waals surface area contributed by atoms with Crippen LogP contribution in [0, 0.1) is 0 Å². The van der Waals surface area contributed by atoms with Gasteiger partial charge in [-0.15, -0.1) is 13.2 Å². The summed E-state index contributed by atoms with van der Waals surface area (Å²) in [6, 6.07) is 0. The van der Waals surface area contributed by atoms with E-state index in [1.165, 1.54) is 27.7 Å². The molecule has 0 radical (unpaired) electrons. The first-order chi connectivity index (χ1) is 6.69. The van der Waals surface area contributed by atoms with Crippen LogP contribution in [-0.2, 0) is 4.74 Å². The van der Waals surface area contributed by atoms with Crippen LogP contribution in [0.5, 0.6) is 0 Å². The summed E-state index contributed by atoms with van der Waals surface area (Å²) in [4.78, 5) is 0. The zero-order valence-corrected chi connectivity index (χ0v) is 9.41. The Kier molecular flexibility index (Phi) is 6.57. The first-order valence-electron chi connectivity index (χ1n) is 4.22. The van der Waals surface area contributed by atoms with Crippen LogP contribution in [0.1, 0.15) is 27.7 Å². The Morgan fingerprint density at radius 2 is 1.19 bits per heavy atom. The minimum absolute atomic E-state index is 1.18. The molecule has 0 atom stereocenters. The number of ether oxygens (including phenoxy) is 1. The average molecular weight is 248 g/mol. The molecular formula is C7H16BF3O5. The second-order valence-electron chi connectivity index (χ2n) is 3.96. The van der Waals surface area contributed by atoms with Crippen molar-refractivity contribution in [2.75, 3.05) is 0 Å². The van der Waals surface area contributed by atoms with Gasteiger partial charge in [0.2, 0.25) is 0 Å². The van der Waals surface area contributed by atoms with Gasteiger partial charge in [-0.1, -0.05) is 0 Å². The lowest BCUT2D eigenvalue weighted by Gasteiger charge is -2.37. The smallest absolute Gasteiger partial charge is 0.402 e. The summed E-state index contributed by atoms with van der Waals surface area (Å²) in [5.41, 5.74) is -3.19. The molecule has 16 heavy (non-hydrogen) atoms. The number of rotatable bonds is 2. The third-order valence-corrected chi connectivity index (χ3v) is 1.84. The molecular weight excluding hydrogens is 232 g/mol. The highest BCUT2D eigenvalue weighted by Crippen LogP contribution is 2.32. The molecule has 0 amide bonds.